The fourth-order valence-electron chi connectivity index (χ4n) is 2.27. The van der Waals surface area contributed by atoms with Crippen molar-refractivity contribution in [2.45, 2.75) is 33.6 Å². The van der Waals surface area contributed by atoms with Gasteiger partial charge in [-0.2, -0.15) is 4.37 Å². The van der Waals surface area contributed by atoms with Crippen molar-refractivity contribution in [3.05, 3.63) is 22.3 Å². The maximum absolute atomic E-state index is 5.34. The Balaban J connectivity index is 1.78. The number of hydrogen-bond donors (Lipinski definition) is 1. The molecule has 8 heteroatoms. The molecule has 0 saturated carbocycles. The molecule has 0 aromatic carbocycles. The molecule has 122 valence electrons. The number of anilines is 2. The highest BCUT2D eigenvalue weighted by molar-refractivity contribution is 7.15. The zero-order valence-corrected chi connectivity index (χ0v) is 15.1. The Morgan fingerprint density at radius 3 is 2.91 bits per heavy atom. The highest BCUT2D eigenvalue weighted by Crippen LogP contribution is 2.30. The van der Waals surface area contributed by atoms with Gasteiger partial charge in [0.2, 0.25) is 5.13 Å². The lowest BCUT2D eigenvalue weighted by molar-refractivity contribution is 0.150. The third-order valence-electron chi connectivity index (χ3n) is 3.45. The lowest BCUT2D eigenvalue weighted by Crippen LogP contribution is -1.97. The molecule has 0 aliphatic carbocycles. The predicted octanol–water partition coefficient (Wildman–Crippen LogP) is 3.74. The molecule has 3 aromatic heterocycles. The molecule has 0 amide bonds. The van der Waals surface area contributed by atoms with Crippen LogP contribution in [0.5, 0.6) is 0 Å². The van der Waals surface area contributed by atoms with E-state index in [0.717, 1.165) is 51.3 Å². The molecule has 0 radical (unpaired) electrons. The van der Waals surface area contributed by atoms with E-state index in [2.05, 4.69) is 44.8 Å². The molecule has 0 aliphatic heterocycles. The van der Waals surface area contributed by atoms with E-state index >= 15 is 0 Å². The molecule has 0 unspecified atom stereocenters. The van der Waals surface area contributed by atoms with E-state index in [1.54, 1.807) is 0 Å². The minimum atomic E-state index is 0.674. The van der Waals surface area contributed by atoms with E-state index in [1.807, 2.05) is 6.92 Å². The minimum Gasteiger partial charge on any atom is -0.381 e. The quantitative estimate of drug-likeness (QED) is 0.655. The van der Waals surface area contributed by atoms with Gasteiger partial charge in [-0.1, -0.05) is 18.3 Å². The van der Waals surface area contributed by atoms with E-state index in [9.17, 15) is 0 Å². The van der Waals surface area contributed by atoms with E-state index in [4.69, 9.17) is 4.74 Å². The molecule has 23 heavy (non-hydrogen) atoms. The van der Waals surface area contributed by atoms with Crippen molar-refractivity contribution in [2.24, 2.45) is 0 Å². The molecule has 0 bridgehead atoms. The van der Waals surface area contributed by atoms with Crippen LogP contribution in [0.15, 0.2) is 6.07 Å². The first-order chi connectivity index (χ1) is 11.2. The summed E-state index contributed by atoms with van der Waals surface area (Å²) >= 11 is 2.94. The molecule has 6 nitrogen and oxygen atoms in total. The van der Waals surface area contributed by atoms with Crippen LogP contribution in [0, 0.1) is 6.92 Å². The molecule has 0 saturated heterocycles. The number of ether oxygens (including phenoxy) is 1. The summed E-state index contributed by atoms with van der Waals surface area (Å²) in [6.07, 6.45) is 1.72. The van der Waals surface area contributed by atoms with Gasteiger partial charge in [-0.15, -0.1) is 10.2 Å². The molecule has 3 aromatic rings. The van der Waals surface area contributed by atoms with Crippen molar-refractivity contribution in [3.8, 4) is 0 Å². The Bertz CT molecular complexity index is 798. The molecule has 0 atom stereocenters. The maximum Gasteiger partial charge on any atom is 0.211 e. The number of rotatable bonds is 7. The first-order valence-electron chi connectivity index (χ1n) is 7.64. The molecule has 0 fully saturated rings. The van der Waals surface area contributed by atoms with Crippen LogP contribution in [0.1, 0.15) is 30.1 Å². The summed E-state index contributed by atoms with van der Waals surface area (Å²) in [6.45, 7) is 7.59. The second-order valence-electron chi connectivity index (χ2n) is 5.06. The Labute approximate surface area is 143 Å². The Morgan fingerprint density at radius 1 is 1.26 bits per heavy atom. The lowest BCUT2D eigenvalue weighted by atomic mass is 10.1. The fourth-order valence-corrected chi connectivity index (χ4v) is 3.71. The molecular formula is C15H19N5OS2. The van der Waals surface area contributed by atoms with Crippen LogP contribution >= 0.6 is 22.9 Å². The first-order valence-corrected chi connectivity index (χ1v) is 9.23. The highest BCUT2D eigenvalue weighted by atomic mass is 32.1. The van der Waals surface area contributed by atoms with E-state index in [-0.39, 0.29) is 0 Å². The van der Waals surface area contributed by atoms with Crippen LogP contribution in [0.3, 0.4) is 0 Å². The van der Waals surface area contributed by atoms with Crippen LogP contribution in [0.25, 0.3) is 10.2 Å². The topological polar surface area (TPSA) is 72.8 Å². The van der Waals surface area contributed by atoms with Gasteiger partial charge in [-0.3, -0.25) is 0 Å². The van der Waals surface area contributed by atoms with Crippen molar-refractivity contribution in [2.75, 3.05) is 18.5 Å². The number of nitrogens with one attached hydrogen (secondary N) is 1. The Morgan fingerprint density at radius 2 is 2.13 bits per heavy atom. The molecule has 0 aliphatic rings. The second-order valence-corrected chi connectivity index (χ2v) is 6.88. The summed E-state index contributed by atoms with van der Waals surface area (Å²) in [7, 11) is 0. The van der Waals surface area contributed by atoms with Crippen molar-refractivity contribution in [1.29, 1.82) is 0 Å². The van der Waals surface area contributed by atoms with Gasteiger partial charge in [0.25, 0.3) is 0 Å². The lowest BCUT2D eigenvalue weighted by Gasteiger charge is -2.02. The first kappa shape index (κ1) is 16.2. The van der Waals surface area contributed by atoms with Gasteiger partial charge < -0.3 is 10.1 Å². The van der Waals surface area contributed by atoms with E-state index in [0.29, 0.717) is 6.61 Å². The highest BCUT2D eigenvalue weighted by Gasteiger charge is 2.12. The van der Waals surface area contributed by atoms with Crippen LogP contribution < -0.4 is 5.32 Å². The molecule has 3 heterocycles. The van der Waals surface area contributed by atoms with Gasteiger partial charge in [0.05, 0.1) is 12.0 Å². The summed E-state index contributed by atoms with van der Waals surface area (Å²) in [5.41, 5.74) is 2.32. The van der Waals surface area contributed by atoms with Gasteiger partial charge >= 0.3 is 0 Å². The van der Waals surface area contributed by atoms with Crippen LogP contribution in [0.4, 0.5) is 10.9 Å². The smallest absolute Gasteiger partial charge is 0.211 e. The van der Waals surface area contributed by atoms with Crippen LogP contribution in [-0.4, -0.2) is 32.8 Å². The molecular weight excluding hydrogens is 330 g/mol. The standard InChI is InChI=1S/C15H19N5OS2/c1-4-11-9(3)8-10-13(20-23-14(10)16-11)17-15-19-18-12(22-15)6-7-21-5-2/h8H,4-7H2,1-3H3,(H,17,19,20). The van der Waals surface area contributed by atoms with Gasteiger partial charge in [-0.05, 0) is 43.4 Å². The maximum atomic E-state index is 5.34. The average molecular weight is 349 g/mol. The summed E-state index contributed by atoms with van der Waals surface area (Å²) < 4.78 is 9.82. The Hall–Kier alpha value is -1.64. The molecule has 3 rings (SSSR count). The summed E-state index contributed by atoms with van der Waals surface area (Å²) in [5.74, 6) is 0.802. The fraction of sp³-hybridized carbons (Fsp3) is 0.467. The van der Waals surface area contributed by atoms with Gasteiger partial charge in [-0.25, -0.2) is 4.98 Å². The molecule has 1 N–H and O–H groups in total. The monoisotopic (exact) mass is 349 g/mol. The number of fused-ring (bicyclic) bond motifs is 1. The third-order valence-corrected chi connectivity index (χ3v) is 5.11. The largest absolute Gasteiger partial charge is 0.381 e. The summed E-state index contributed by atoms with van der Waals surface area (Å²) in [5, 5.41) is 14.4. The minimum absolute atomic E-state index is 0.674. The summed E-state index contributed by atoms with van der Waals surface area (Å²) in [6, 6.07) is 2.14. The van der Waals surface area contributed by atoms with E-state index < -0.39 is 0 Å². The van der Waals surface area contributed by atoms with Gasteiger partial charge in [0.1, 0.15) is 9.84 Å². The number of pyridine rings is 1. The van der Waals surface area contributed by atoms with Crippen molar-refractivity contribution >= 4 is 44.0 Å². The SMILES string of the molecule is CCOCCc1nnc(Nc2nsc3nc(CC)c(C)cc23)s1. The number of hydrogen-bond acceptors (Lipinski definition) is 8. The van der Waals surface area contributed by atoms with Crippen molar-refractivity contribution in [1.82, 2.24) is 19.6 Å². The second kappa shape index (κ2) is 7.29. The zero-order chi connectivity index (χ0) is 16.2. The summed E-state index contributed by atoms with van der Waals surface area (Å²) in [4.78, 5) is 5.63. The zero-order valence-electron chi connectivity index (χ0n) is 13.4. The average Bonchev–Trinajstić information content (AvgIpc) is 3.15. The predicted molar refractivity (Wildman–Crippen MR) is 94.9 cm³/mol. The van der Waals surface area contributed by atoms with Crippen LogP contribution in [-0.2, 0) is 17.6 Å². The van der Waals surface area contributed by atoms with Crippen molar-refractivity contribution in [3.63, 3.8) is 0 Å². The number of aromatic nitrogens is 4. The normalized spacial score (nSPS) is 11.3. The Kier molecular flexibility index (Phi) is 5.14. The van der Waals surface area contributed by atoms with Crippen molar-refractivity contribution < 1.29 is 4.74 Å². The van der Waals surface area contributed by atoms with E-state index in [1.165, 1.54) is 28.4 Å². The third kappa shape index (κ3) is 3.65. The van der Waals surface area contributed by atoms with Gasteiger partial charge in [0, 0.05) is 18.7 Å². The number of nitrogens with zero attached hydrogens (tertiary/aromatic N) is 4. The van der Waals surface area contributed by atoms with Gasteiger partial charge in [0.15, 0.2) is 5.82 Å². The number of aryl methyl sites for hydroxylation is 2. The molecule has 0 spiro atoms. The van der Waals surface area contributed by atoms with Crippen LogP contribution in [0.2, 0.25) is 0 Å².